The molecule has 0 bridgehead atoms. The molecule has 10 heavy (non-hydrogen) atoms. The molecule has 1 unspecified atom stereocenters. The van der Waals surface area contributed by atoms with E-state index in [4.69, 9.17) is 10.00 Å². The molecule has 0 aliphatic carbocycles. The lowest BCUT2D eigenvalue weighted by Gasteiger charge is -2.21. The lowest BCUT2D eigenvalue weighted by Crippen LogP contribution is -2.35. The van der Waals surface area contributed by atoms with Crippen molar-refractivity contribution < 1.29 is 4.74 Å². The summed E-state index contributed by atoms with van der Waals surface area (Å²) in [7, 11) is 1.55. The second-order valence-corrected chi connectivity index (χ2v) is 1.94. The lowest BCUT2D eigenvalue weighted by atomic mass is 10.4. The van der Waals surface area contributed by atoms with Gasteiger partial charge in [-0.05, 0) is 13.1 Å². The van der Waals surface area contributed by atoms with Crippen molar-refractivity contribution in [2.45, 2.75) is 20.1 Å². The minimum atomic E-state index is -0.380. The zero-order chi connectivity index (χ0) is 7.98. The first kappa shape index (κ1) is 9.41. The Morgan fingerprint density at radius 1 is 1.50 bits per heavy atom. The van der Waals surface area contributed by atoms with Crippen LogP contribution in [0.15, 0.2) is 0 Å². The minimum Gasteiger partial charge on any atom is -0.353 e. The molecule has 0 rings (SSSR count). The molecule has 0 saturated heterocycles. The quantitative estimate of drug-likeness (QED) is 0.545. The Labute approximate surface area is 62.2 Å². The Balaban J connectivity index is 3.85. The molecule has 0 aliphatic rings. The summed E-state index contributed by atoms with van der Waals surface area (Å²) in [6.45, 7) is 5.71. The summed E-state index contributed by atoms with van der Waals surface area (Å²) in [5, 5.41) is 8.54. The normalized spacial score (nSPS) is 13.1. The molecule has 0 spiro atoms. The fourth-order valence-electron chi connectivity index (χ4n) is 0.839. The molecule has 0 N–H and O–H groups in total. The van der Waals surface area contributed by atoms with E-state index >= 15 is 0 Å². The van der Waals surface area contributed by atoms with Gasteiger partial charge in [-0.15, -0.1) is 0 Å². The smallest absolute Gasteiger partial charge is 0.199 e. The number of nitrogens with zero attached hydrogens (tertiary/aromatic N) is 2. The molecule has 58 valence electrons. The average molecular weight is 142 g/mol. The van der Waals surface area contributed by atoms with Crippen molar-refractivity contribution in [1.82, 2.24) is 4.90 Å². The molecule has 1 atom stereocenters. The Kier molecular flexibility index (Phi) is 4.91. The van der Waals surface area contributed by atoms with Gasteiger partial charge in [-0.1, -0.05) is 13.8 Å². The van der Waals surface area contributed by atoms with Gasteiger partial charge >= 0.3 is 0 Å². The molecular formula is C7H14N2O. The Bertz CT molecular complexity index is 115. The molecule has 0 amide bonds. The van der Waals surface area contributed by atoms with Crippen LogP contribution < -0.4 is 0 Å². The van der Waals surface area contributed by atoms with Gasteiger partial charge in [0.25, 0.3) is 0 Å². The van der Waals surface area contributed by atoms with Crippen LogP contribution >= 0.6 is 0 Å². The molecule has 0 aromatic heterocycles. The standard InChI is InChI=1S/C7H14N2O/c1-4-9(5-2)7(6-8)10-3/h7H,4-5H2,1-3H3. The fraction of sp³-hybridized carbons (Fsp3) is 0.857. The van der Waals surface area contributed by atoms with Crippen LogP contribution in [0.5, 0.6) is 0 Å². The van der Waals surface area contributed by atoms with E-state index in [0.717, 1.165) is 13.1 Å². The summed E-state index contributed by atoms with van der Waals surface area (Å²) in [4.78, 5) is 1.94. The summed E-state index contributed by atoms with van der Waals surface area (Å²) in [5.74, 6) is 0. The van der Waals surface area contributed by atoms with Crippen LogP contribution in [0.4, 0.5) is 0 Å². The summed E-state index contributed by atoms with van der Waals surface area (Å²) in [5.41, 5.74) is 0. The summed E-state index contributed by atoms with van der Waals surface area (Å²) < 4.78 is 4.91. The van der Waals surface area contributed by atoms with Crippen LogP contribution in [0.1, 0.15) is 13.8 Å². The van der Waals surface area contributed by atoms with E-state index in [2.05, 4.69) is 6.07 Å². The van der Waals surface area contributed by atoms with E-state index in [-0.39, 0.29) is 6.23 Å². The van der Waals surface area contributed by atoms with E-state index in [1.807, 2.05) is 18.7 Å². The molecule has 0 radical (unpaired) electrons. The highest BCUT2D eigenvalue weighted by molar-refractivity contribution is 4.82. The molecule has 0 fully saturated rings. The average Bonchev–Trinajstić information content (AvgIpc) is 2.00. The highest BCUT2D eigenvalue weighted by Crippen LogP contribution is 1.96. The molecule has 0 aromatic rings. The van der Waals surface area contributed by atoms with Gasteiger partial charge in [0.15, 0.2) is 6.23 Å². The van der Waals surface area contributed by atoms with Crippen molar-refractivity contribution in [3.63, 3.8) is 0 Å². The van der Waals surface area contributed by atoms with Gasteiger partial charge < -0.3 is 4.74 Å². The summed E-state index contributed by atoms with van der Waals surface area (Å²) in [6, 6.07) is 2.06. The summed E-state index contributed by atoms with van der Waals surface area (Å²) >= 11 is 0. The highest BCUT2D eigenvalue weighted by atomic mass is 16.5. The third kappa shape index (κ3) is 2.34. The number of ether oxygens (including phenoxy) is 1. The number of hydrogen-bond acceptors (Lipinski definition) is 3. The third-order valence-electron chi connectivity index (χ3n) is 1.48. The Hall–Kier alpha value is -0.590. The van der Waals surface area contributed by atoms with Crippen LogP contribution in [-0.4, -0.2) is 31.3 Å². The molecule has 3 nitrogen and oxygen atoms in total. The van der Waals surface area contributed by atoms with Crippen LogP contribution in [0.2, 0.25) is 0 Å². The van der Waals surface area contributed by atoms with Gasteiger partial charge in [-0.25, -0.2) is 0 Å². The van der Waals surface area contributed by atoms with Crippen LogP contribution in [0, 0.1) is 11.3 Å². The zero-order valence-corrected chi connectivity index (χ0v) is 6.79. The summed E-state index contributed by atoms with van der Waals surface area (Å²) in [6.07, 6.45) is -0.380. The van der Waals surface area contributed by atoms with Gasteiger partial charge in [-0.3, -0.25) is 4.90 Å². The third-order valence-corrected chi connectivity index (χ3v) is 1.48. The van der Waals surface area contributed by atoms with E-state index in [9.17, 15) is 0 Å². The molecule has 3 heteroatoms. The maximum Gasteiger partial charge on any atom is 0.199 e. The SMILES string of the molecule is CCN(CC)C(C#N)OC. The second kappa shape index (κ2) is 5.21. The monoisotopic (exact) mass is 142 g/mol. The molecule has 0 saturated carbocycles. The minimum absolute atomic E-state index is 0.380. The molecular weight excluding hydrogens is 128 g/mol. The van der Waals surface area contributed by atoms with Gasteiger partial charge in [0.05, 0.1) is 0 Å². The fourth-order valence-corrected chi connectivity index (χ4v) is 0.839. The van der Waals surface area contributed by atoms with Crippen molar-refractivity contribution in [3.05, 3.63) is 0 Å². The van der Waals surface area contributed by atoms with E-state index < -0.39 is 0 Å². The lowest BCUT2D eigenvalue weighted by molar-refractivity contribution is 0.0143. The van der Waals surface area contributed by atoms with Gasteiger partial charge in [0.2, 0.25) is 0 Å². The van der Waals surface area contributed by atoms with Gasteiger partial charge in [0.1, 0.15) is 6.07 Å². The second-order valence-electron chi connectivity index (χ2n) is 1.94. The van der Waals surface area contributed by atoms with Gasteiger partial charge in [0, 0.05) is 7.11 Å². The van der Waals surface area contributed by atoms with Crippen molar-refractivity contribution in [2.24, 2.45) is 0 Å². The zero-order valence-electron chi connectivity index (χ0n) is 6.79. The van der Waals surface area contributed by atoms with Crippen LogP contribution in [0.25, 0.3) is 0 Å². The van der Waals surface area contributed by atoms with E-state index in [1.54, 1.807) is 7.11 Å². The maximum absolute atomic E-state index is 8.54. The number of rotatable bonds is 4. The van der Waals surface area contributed by atoms with Crippen molar-refractivity contribution in [1.29, 1.82) is 5.26 Å². The largest absolute Gasteiger partial charge is 0.353 e. The predicted molar refractivity (Wildman–Crippen MR) is 39.3 cm³/mol. The molecule has 0 aromatic carbocycles. The number of nitriles is 1. The first-order chi connectivity index (χ1) is 4.79. The predicted octanol–water partition coefficient (Wildman–Crippen LogP) is 0.824. The van der Waals surface area contributed by atoms with E-state index in [0.29, 0.717) is 0 Å². The topological polar surface area (TPSA) is 36.3 Å². The first-order valence-corrected chi connectivity index (χ1v) is 3.46. The van der Waals surface area contributed by atoms with Gasteiger partial charge in [-0.2, -0.15) is 5.26 Å². The number of methoxy groups -OCH3 is 1. The van der Waals surface area contributed by atoms with Crippen molar-refractivity contribution >= 4 is 0 Å². The highest BCUT2D eigenvalue weighted by Gasteiger charge is 2.11. The Morgan fingerprint density at radius 2 is 2.00 bits per heavy atom. The molecule has 0 aliphatic heterocycles. The van der Waals surface area contributed by atoms with Crippen LogP contribution in [0.3, 0.4) is 0 Å². The van der Waals surface area contributed by atoms with Crippen molar-refractivity contribution in [3.8, 4) is 6.07 Å². The number of hydrogen-bond donors (Lipinski definition) is 0. The van der Waals surface area contributed by atoms with Crippen LogP contribution in [-0.2, 0) is 4.74 Å². The molecule has 0 heterocycles. The maximum atomic E-state index is 8.54. The Morgan fingerprint density at radius 3 is 2.10 bits per heavy atom. The van der Waals surface area contributed by atoms with Crippen molar-refractivity contribution in [2.75, 3.05) is 20.2 Å². The first-order valence-electron chi connectivity index (χ1n) is 3.46. The van der Waals surface area contributed by atoms with E-state index in [1.165, 1.54) is 0 Å².